The minimum Gasteiger partial charge on any atom is -0.462 e. The molecule has 56 heavy (non-hydrogen) atoms. The van der Waals surface area contributed by atoms with E-state index >= 15 is 0 Å². The van der Waals surface area contributed by atoms with Crippen LogP contribution in [-0.4, -0.2) is 123 Å². The van der Waals surface area contributed by atoms with Crippen LogP contribution in [0.5, 0.6) is 0 Å². The second-order valence-corrected chi connectivity index (χ2v) is 16.2. The third kappa shape index (κ3) is 6.93. The summed E-state index contributed by atoms with van der Waals surface area (Å²) in [5.74, 6) is -1.03. The Hall–Kier alpha value is -4.22. The second-order valence-electron chi connectivity index (χ2n) is 16.2. The molecule has 3 aliphatic heterocycles. The van der Waals surface area contributed by atoms with E-state index in [1.807, 2.05) is 54.9 Å². The lowest BCUT2D eigenvalue weighted by molar-refractivity contribution is -0.329. The Morgan fingerprint density at radius 3 is 2.54 bits per heavy atom. The molecule has 0 bridgehead atoms. The summed E-state index contributed by atoms with van der Waals surface area (Å²) in [4.78, 5) is 38.2. The number of benzene rings is 1. The van der Waals surface area contributed by atoms with E-state index in [2.05, 4.69) is 11.9 Å². The van der Waals surface area contributed by atoms with Crippen molar-refractivity contribution in [3.05, 3.63) is 71.8 Å². The molecule has 7 rings (SSSR count). The summed E-state index contributed by atoms with van der Waals surface area (Å²) in [7, 11) is 3.83. The Morgan fingerprint density at radius 2 is 1.86 bits per heavy atom. The highest BCUT2D eigenvalue weighted by atomic mass is 16.7. The number of fused-ring (bicyclic) bond motifs is 3. The lowest BCUT2D eigenvalue weighted by Gasteiger charge is -2.62. The van der Waals surface area contributed by atoms with E-state index in [9.17, 15) is 35.1 Å². The Balaban J connectivity index is 1.24. The number of aliphatic hydroxyl groups excluding tert-OH is 5. The van der Waals surface area contributed by atoms with Crippen molar-refractivity contribution in [2.24, 2.45) is 33.6 Å². The summed E-state index contributed by atoms with van der Waals surface area (Å²) < 4.78 is 25.3. The van der Waals surface area contributed by atoms with Gasteiger partial charge in [-0.2, -0.15) is 0 Å². The van der Waals surface area contributed by atoms with Crippen LogP contribution in [0.15, 0.2) is 71.2 Å². The predicted octanol–water partition coefficient (Wildman–Crippen LogP) is 2.29. The van der Waals surface area contributed by atoms with Crippen LogP contribution >= 0.6 is 0 Å². The van der Waals surface area contributed by atoms with Crippen LogP contribution in [0, 0.1) is 28.6 Å². The van der Waals surface area contributed by atoms with Crippen LogP contribution in [0.25, 0.3) is 5.57 Å². The van der Waals surface area contributed by atoms with Crippen LogP contribution in [0.4, 0.5) is 11.6 Å². The minimum absolute atomic E-state index is 0.0709. The Kier molecular flexibility index (Phi) is 11.1. The Bertz CT molecular complexity index is 1940. The molecule has 302 valence electrons. The van der Waals surface area contributed by atoms with Crippen LogP contribution < -0.4 is 4.90 Å². The first-order chi connectivity index (χ1) is 26.7. The first kappa shape index (κ1) is 40.0. The molecule has 4 heterocycles. The zero-order valence-corrected chi connectivity index (χ0v) is 32.3. The van der Waals surface area contributed by atoms with Crippen LogP contribution in [0.2, 0.25) is 0 Å². The third-order valence-corrected chi connectivity index (χ3v) is 12.7. The van der Waals surface area contributed by atoms with Crippen molar-refractivity contribution in [3.63, 3.8) is 0 Å². The maximum Gasteiger partial charge on any atom is 0.343 e. The molecule has 1 aromatic carbocycles. The fourth-order valence-electron chi connectivity index (χ4n) is 9.52. The van der Waals surface area contributed by atoms with Gasteiger partial charge >= 0.3 is 11.9 Å². The molecule has 15 heteroatoms. The number of rotatable bonds is 10. The van der Waals surface area contributed by atoms with Gasteiger partial charge in [-0.25, -0.2) is 19.6 Å². The average Bonchev–Trinajstić information content (AvgIpc) is 3.79. The van der Waals surface area contributed by atoms with Gasteiger partial charge in [0.2, 0.25) is 5.95 Å². The van der Waals surface area contributed by atoms with E-state index in [0.717, 1.165) is 11.4 Å². The van der Waals surface area contributed by atoms with Crippen molar-refractivity contribution >= 4 is 34.9 Å². The van der Waals surface area contributed by atoms with Crippen molar-refractivity contribution in [1.29, 1.82) is 0 Å². The summed E-state index contributed by atoms with van der Waals surface area (Å²) >= 11 is 0. The normalized spacial score (nSPS) is 36.2. The van der Waals surface area contributed by atoms with Gasteiger partial charge in [-0.1, -0.05) is 38.1 Å². The number of hydrogen-bond acceptors (Lipinski definition) is 14. The number of esters is 2. The fraction of sp³-hybridized carbons (Fsp3) is 0.561. The molecule has 8 unspecified atom stereocenters. The summed E-state index contributed by atoms with van der Waals surface area (Å²) in [6.45, 7) is 5.71. The molecule has 2 aliphatic carbocycles. The smallest absolute Gasteiger partial charge is 0.343 e. The lowest BCUT2D eigenvalue weighted by atomic mass is 9.45. The van der Waals surface area contributed by atoms with Gasteiger partial charge in [0.15, 0.2) is 6.29 Å². The van der Waals surface area contributed by atoms with Crippen LogP contribution in [0.3, 0.4) is 0 Å². The van der Waals surface area contributed by atoms with Crippen molar-refractivity contribution < 1.29 is 54.1 Å². The van der Waals surface area contributed by atoms with E-state index in [1.54, 1.807) is 37.4 Å². The molecular weight excluding hydrogens is 724 g/mol. The maximum absolute atomic E-state index is 13.5. The molecule has 2 aromatic rings. The average molecular weight is 777 g/mol. The molecule has 3 fully saturated rings. The number of imidazole rings is 1. The highest BCUT2D eigenvalue weighted by Crippen LogP contribution is 2.62. The molecule has 5 N–H and O–H groups in total. The number of ether oxygens (including phenoxy) is 4. The van der Waals surface area contributed by atoms with E-state index in [0.29, 0.717) is 37.3 Å². The molecule has 0 radical (unpaired) electrons. The summed E-state index contributed by atoms with van der Waals surface area (Å²) in [6, 6.07) is 7.32. The summed E-state index contributed by atoms with van der Waals surface area (Å²) in [6.07, 6.45) is 2.69. The zero-order chi connectivity index (χ0) is 40.1. The number of allylic oxidation sites excluding steroid dienone is 2. The number of cyclic esters (lactones) is 1. The first-order valence-corrected chi connectivity index (χ1v) is 19.2. The number of hydrogen-bond donors (Lipinski definition) is 5. The standard InChI is InChI=1S/C41H52N4O11/c1-6-53-37(52)32(22-7-10-24(11-8-22)44(4)5)28-17-23(36(51)54-28)9-12-26-25-19-45-16-15-42-39(45)43-27(25)18-30-40(26,2)14-13-31(41(30,3)21-47)56-38-35(50)34(49)33(48)29(20-46)55-38/h7-12,15-17,25-26,29-31,33-35,38,46-50H,6,13-14,18-21H2,1-5H3/b12-9+,32-28-/t25?,26?,29?,30?,31-,33?,34?,35?,38?,40-,41+/m1/s1. The summed E-state index contributed by atoms with van der Waals surface area (Å²) in [5, 5.41) is 52.6. The van der Waals surface area contributed by atoms with Crippen molar-refractivity contribution in [2.75, 3.05) is 38.8 Å². The topological polar surface area (TPSA) is 206 Å². The number of aromatic nitrogens is 2. The number of aliphatic hydroxyl groups is 5. The van der Waals surface area contributed by atoms with Crippen molar-refractivity contribution in [1.82, 2.24) is 9.55 Å². The zero-order valence-electron chi connectivity index (χ0n) is 32.3. The van der Waals surface area contributed by atoms with Crippen LogP contribution in [0.1, 0.15) is 45.6 Å². The second kappa shape index (κ2) is 15.6. The molecule has 1 aromatic heterocycles. The molecule has 11 atom stereocenters. The first-order valence-electron chi connectivity index (χ1n) is 19.2. The largest absolute Gasteiger partial charge is 0.462 e. The van der Waals surface area contributed by atoms with Crippen molar-refractivity contribution in [3.8, 4) is 0 Å². The van der Waals surface area contributed by atoms with Gasteiger partial charge in [0.1, 0.15) is 35.7 Å². The number of aliphatic imine (C=N–C) groups is 1. The monoisotopic (exact) mass is 776 g/mol. The van der Waals surface area contributed by atoms with E-state index < -0.39 is 66.2 Å². The van der Waals surface area contributed by atoms with Gasteiger partial charge in [0, 0.05) is 55.8 Å². The van der Waals surface area contributed by atoms with E-state index in [4.69, 9.17) is 23.9 Å². The number of carbonyl (C=O) groups excluding carboxylic acids is 2. The van der Waals surface area contributed by atoms with Gasteiger partial charge in [0.05, 0.1) is 31.5 Å². The molecule has 0 spiro atoms. The highest BCUT2D eigenvalue weighted by Gasteiger charge is 2.62. The van der Waals surface area contributed by atoms with Gasteiger partial charge in [-0.05, 0) is 67.2 Å². The van der Waals surface area contributed by atoms with E-state index in [-0.39, 0.29) is 47.9 Å². The van der Waals surface area contributed by atoms with Crippen molar-refractivity contribution in [2.45, 2.75) is 83.4 Å². The molecule has 5 aliphatic rings. The fourth-order valence-corrected chi connectivity index (χ4v) is 9.52. The molecule has 0 amide bonds. The molecular formula is C41H52N4O11. The highest BCUT2D eigenvalue weighted by molar-refractivity contribution is 6.19. The van der Waals surface area contributed by atoms with Crippen LogP contribution in [-0.2, 0) is 35.1 Å². The molecule has 15 nitrogen and oxygen atoms in total. The molecule has 1 saturated heterocycles. The molecule has 2 saturated carbocycles. The van der Waals surface area contributed by atoms with E-state index in [1.165, 1.54) is 0 Å². The van der Waals surface area contributed by atoms with Gasteiger partial charge < -0.3 is 53.9 Å². The summed E-state index contributed by atoms with van der Waals surface area (Å²) in [5.41, 5.74) is 1.43. The Labute approximate surface area is 325 Å². The minimum atomic E-state index is -1.60. The predicted molar refractivity (Wildman–Crippen MR) is 203 cm³/mol. The lowest BCUT2D eigenvalue weighted by Crippen LogP contribution is -2.64. The quantitative estimate of drug-likeness (QED) is 0.134. The van der Waals surface area contributed by atoms with Gasteiger partial charge in [-0.3, -0.25) is 0 Å². The number of carbonyl (C=O) groups is 2. The van der Waals surface area contributed by atoms with Gasteiger partial charge in [-0.15, -0.1) is 0 Å². The Morgan fingerprint density at radius 1 is 1.11 bits per heavy atom. The van der Waals surface area contributed by atoms with Gasteiger partial charge in [0.25, 0.3) is 0 Å². The third-order valence-electron chi connectivity index (χ3n) is 12.7. The number of anilines is 1. The maximum atomic E-state index is 13.5. The number of nitrogens with zero attached hydrogens (tertiary/aromatic N) is 4. The SMILES string of the molecule is CCOC(=O)/C(=C1C=C(/C=C/C2C3Cn4ccnc4N=C3CC3[C@]2(C)CC[C@@H](OC2OC(CO)C(O)C(O)C2O)[C@@]3(C)CO)C(=O)O/1)c1ccc(N(C)C)cc1.